The number of nitrogens with zero attached hydrogens (tertiary/aromatic N) is 3. The third-order valence-corrected chi connectivity index (χ3v) is 3.68. The highest BCUT2D eigenvalue weighted by atomic mass is 19.4. The number of azide groups is 1. The van der Waals surface area contributed by atoms with E-state index in [1.54, 1.807) is 18.2 Å². The average Bonchev–Trinajstić information content (AvgIpc) is 2.95. The Morgan fingerprint density at radius 1 is 1.22 bits per heavy atom. The Labute approximate surface area is 130 Å². The SMILES string of the molecule is [N-]=[N+]=NCC1Cc2cccc(-c3cccc(C(F)(F)F)c3)c2O1. The standard InChI is InChI=1S/C16H12F3N3O/c17-16(18,19)12-5-1-3-10(7-12)14-6-2-4-11-8-13(9-21-22-20)23-15(11)14/h1-7,13H,8-9H2. The minimum Gasteiger partial charge on any atom is -0.489 e. The fourth-order valence-electron chi connectivity index (χ4n) is 2.66. The third kappa shape index (κ3) is 3.10. The molecule has 0 saturated carbocycles. The van der Waals surface area contributed by atoms with E-state index in [0.717, 1.165) is 17.7 Å². The summed E-state index contributed by atoms with van der Waals surface area (Å²) in [4.78, 5) is 2.70. The molecule has 2 aromatic rings. The van der Waals surface area contributed by atoms with Crippen LogP contribution < -0.4 is 4.74 Å². The topological polar surface area (TPSA) is 58.0 Å². The summed E-state index contributed by atoms with van der Waals surface area (Å²) in [6.45, 7) is 0.188. The van der Waals surface area contributed by atoms with Crippen LogP contribution >= 0.6 is 0 Å². The minimum atomic E-state index is -4.39. The van der Waals surface area contributed by atoms with Crippen LogP contribution in [0.1, 0.15) is 11.1 Å². The summed E-state index contributed by atoms with van der Waals surface area (Å²) in [6.07, 6.45) is -4.10. The Morgan fingerprint density at radius 2 is 2.00 bits per heavy atom. The average molecular weight is 319 g/mol. The number of alkyl halides is 3. The lowest BCUT2D eigenvalue weighted by molar-refractivity contribution is -0.137. The monoisotopic (exact) mass is 319 g/mol. The fraction of sp³-hybridized carbons (Fsp3) is 0.250. The molecule has 0 aromatic heterocycles. The van der Waals surface area contributed by atoms with Crippen LogP contribution in [0.2, 0.25) is 0 Å². The zero-order valence-corrected chi connectivity index (χ0v) is 11.9. The maximum absolute atomic E-state index is 12.9. The van der Waals surface area contributed by atoms with Crippen molar-refractivity contribution in [3.8, 4) is 16.9 Å². The molecule has 0 radical (unpaired) electrons. The van der Waals surface area contributed by atoms with Crippen molar-refractivity contribution < 1.29 is 17.9 Å². The van der Waals surface area contributed by atoms with E-state index in [-0.39, 0.29) is 12.6 Å². The molecular weight excluding hydrogens is 307 g/mol. The van der Waals surface area contributed by atoms with E-state index in [1.807, 2.05) is 6.07 Å². The number of fused-ring (bicyclic) bond motifs is 1. The van der Waals surface area contributed by atoms with Gasteiger partial charge >= 0.3 is 6.18 Å². The van der Waals surface area contributed by atoms with E-state index in [0.29, 0.717) is 23.3 Å². The first-order valence-electron chi connectivity index (χ1n) is 6.96. The molecular formula is C16H12F3N3O. The van der Waals surface area contributed by atoms with Crippen LogP contribution in [-0.2, 0) is 12.6 Å². The van der Waals surface area contributed by atoms with Gasteiger partial charge in [-0.05, 0) is 28.8 Å². The van der Waals surface area contributed by atoms with Crippen LogP contribution in [0.15, 0.2) is 47.6 Å². The molecule has 1 atom stereocenters. The van der Waals surface area contributed by atoms with Gasteiger partial charge in [-0.3, -0.25) is 0 Å². The molecule has 1 aliphatic rings. The van der Waals surface area contributed by atoms with E-state index in [9.17, 15) is 13.2 Å². The number of rotatable bonds is 3. The second-order valence-electron chi connectivity index (χ2n) is 5.23. The van der Waals surface area contributed by atoms with Gasteiger partial charge in [0.15, 0.2) is 0 Å². The lowest BCUT2D eigenvalue weighted by Gasteiger charge is -2.13. The molecule has 0 saturated heterocycles. The van der Waals surface area contributed by atoms with Crippen molar-refractivity contribution in [2.75, 3.05) is 6.54 Å². The lowest BCUT2D eigenvalue weighted by atomic mass is 9.99. The van der Waals surface area contributed by atoms with Gasteiger partial charge in [0.25, 0.3) is 0 Å². The zero-order chi connectivity index (χ0) is 16.4. The van der Waals surface area contributed by atoms with E-state index >= 15 is 0 Å². The van der Waals surface area contributed by atoms with Crippen LogP contribution in [0.25, 0.3) is 21.6 Å². The van der Waals surface area contributed by atoms with E-state index in [2.05, 4.69) is 10.0 Å². The Bertz CT molecular complexity index is 782. The first-order chi connectivity index (χ1) is 11.0. The maximum atomic E-state index is 12.9. The molecule has 4 nitrogen and oxygen atoms in total. The van der Waals surface area contributed by atoms with Crippen LogP contribution in [0.3, 0.4) is 0 Å². The highest BCUT2D eigenvalue weighted by molar-refractivity contribution is 5.73. The largest absolute Gasteiger partial charge is 0.489 e. The molecule has 0 bridgehead atoms. The Balaban J connectivity index is 1.98. The van der Waals surface area contributed by atoms with Crippen molar-refractivity contribution in [1.82, 2.24) is 0 Å². The molecule has 1 unspecified atom stereocenters. The number of para-hydroxylation sites is 1. The van der Waals surface area contributed by atoms with Gasteiger partial charge in [0, 0.05) is 16.9 Å². The number of halogens is 3. The summed E-state index contributed by atoms with van der Waals surface area (Å²) in [5.41, 5.74) is 9.64. The molecule has 0 N–H and O–H groups in total. The van der Waals surface area contributed by atoms with Crippen LogP contribution in [0, 0.1) is 0 Å². The number of benzene rings is 2. The molecule has 2 aromatic carbocycles. The van der Waals surface area contributed by atoms with Crippen molar-refractivity contribution in [1.29, 1.82) is 0 Å². The minimum absolute atomic E-state index is 0.188. The molecule has 0 spiro atoms. The molecule has 0 fully saturated rings. The van der Waals surface area contributed by atoms with Crippen molar-refractivity contribution in [3.63, 3.8) is 0 Å². The number of ether oxygens (including phenoxy) is 1. The second kappa shape index (κ2) is 5.85. The van der Waals surface area contributed by atoms with Crippen LogP contribution in [-0.4, -0.2) is 12.6 Å². The van der Waals surface area contributed by atoms with Crippen molar-refractivity contribution >= 4 is 0 Å². The summed E-state index contributed by atoms with van der Waals surface area (Å²) in [6, 6.07) is 10.5. The molecule has 0 aliphatic carbocycles. The number of hydrogen-bond donors (Lipinski definition) is 0. The first-order valence-corrected chi connectivity index (χ1v) is 6.96. The third-order valence-electron chi connectivity index (χ3n) is 3.68. The van der Waals surface area contributed by atoms with E-state index in [1.165, 1.54) is 6.07 Å². The quantitative estimate of drug-likeness (QED) is 0.447. The summed E-state index contributed by atoms with van der Waals surface area (Å²) in [5.74, 6) is 0.560. The highest BCUT2D eigenvalue weighted by Crippen LogP contribution is 2.40. The smallest absolute Gasteiger partial charge is 0.416 e. The van der Waals surface area contributed by atoms with Gasteiger partial charge in [-0.15, -0.1) is 0 Å². The molecule has 23 heavy (non-hydrogen) atoms. The summed E-state index contributed by atoms with van der Waals surface area (Å²) >= 11 is 0. The van der Waals surface area contributed by atoms with Gasteiger partial charge in [0.1, 0.15) is 11.9 Å². The van der Waals surface area contributed by atoms with Gasteiger partial charge in [-0.25, -0.2) is 0 Å². The molecule has 1 aliphatic heterocycles. The summed E-state index contributed by atoms with van der Waals surface area (Å²) in [5, 5.41) is 3.49. The maximum Gasteiger partial charge on any atom is 0.416 e. The summed E-state index contributed by atoms with van der Waals surface area (Å²) in [7, 11) is 0. The fourth-order valence-corrected chi connectivity index (χ4v) is 2.66. The van der Waals surface area contributed by atoms with Crippen molar-refractivity contribution in [2.45, 2.75) is 18.7 Å². The Morgan fingerprint density at radius 3 is 2.74 bits per heavy atom. The first kappa shape index (κ1) is 15.2. The van der Waals surface area contributed by atoms with Crippen molar-refractivity contribution in [2.24, 2.45) is 5.11 Å². The van der Waals surface area contributed by atoms with Gasteiger partial charge < -0.3 is 4.74 Å². The lowest BCUT2D eigenvalue weighted by Crippen LogP contribution is -2.16. The Hall–Kier alpha value is -2.66. The molecule has 0 amide bonds. The highest BCUT2D eigenvalue weighted by Gasteiger charge is 2.31. The van der Waals surface area contributed by atoms with E-state index in [4.69, 9.17) is 10.3 Å². The van der Waals surface area contributed by atoms with E-state index < -0.39 is 11.7 Å². The predicted octanol–water partition coefficient (Wildman–Crippen LogP) is 4.99. The van der Waals surface area contributed by atoms with Crippen LogP contribution in [0.4, 0.5) is 13.2 Å². The van der Waals surface area contributed by atoms with Gasteiger partial charge in [0.2, 0.25) is 0 Å². The molecule has 7 heteroatoms. The van der Waals surface area contributed by atoms with Gasteiger partial charge in [-0.2, -0.15) is 13.2 Å². The normalized spacial score (nSPS) is 16.4. The molecule has 3 rings (SSSR count). The second-order valence-corrected chi connectivity index (χ2v) is 5.23. The van der Waals surface area contributed by atoms with Gasteiger partial charge in [-0.1, -0.05) is 35.4 Å². The van der Waals surface area contributed by atoms with Crippen molar-refractivity contribution in [3.05, 3.63) is 64.0 Å². The molecule has 118 valence electrons. The Kier molecular flexibility index (Phi) is 3.88. The predicted molar refractivity (Wildman–Crippen MR) is 79.0 cm³/mol. The summed E-state index contributed by atoms with van der Waals surface area (Å²) < 4.78 is 44.4. The number of hydrogen-bond acceptors (Lipinski definition) is 2. The van der Waals surface area contributed by atoms with Gasteiger partial charge in [0.05, 0.1) is 12.1 Å². The zero-order valence-electron chi connectivity index (χ0n) is 11.9. The van der Waals surface area contributed by atoms with Crippen LogP contribution in [0.5, 0.6) is 5.75 Å². The molecule has 1 heterocycles.